The van der Waals surface area contributed by atoms with Crippen molar-refractivity contribution < 1.29 is 19.2 Å². The van der Waals surface area contributed by atoms with E-state index in [0.29, 0.717) is 15.3 Å². The van der Waals surface area contributed by atoms with Crippen LogP contribution in [0, 0.1) is 28.4 Å². The first kappa shape index (κ1) is 17.4. The number of allylic oxidation sites excluding steroid dienone is 1. The average molecular weight is 371 g/mol. The van der Waals surface area contributed by atoms with E-state index >= 15 is 0 Å². The van der Waals surface area contributed by atoms with Crippen LogP contribution in [0.2, 0.25) is 0 Å². The van der Waals surface area contributed by atoms with Gasteiger partial charge in [-0.2, -0.15) is 5.26 Å². The number of carbonyl (C=O) groups is 1. The third-order valence-electron chi connectivity index (χ3n) is 4.02. The van der Waals surface area contributed by atoms with Crippen LogP contribution in [-0.4, -0.2) is 18.0 Å². The first-order valence-electron chi connectivity index (χ1n) is 7.42. The summed E-state index contributed by atoms with van der Waals surface area (Å²) in [6, 6.07) is 7.97. The number of non-ortho nitro benzene ring substituents is 1. The normalized spacial score (nSPS) is 15.7. The Bertz CT molecular complexity index is 1000. The number of methoxy groups -OCH3 is 1. The van der Waals surface area contributed by atoms with Crippen molar-refractivity contribution in [2.45, 2.75) is 12.8 Å². The minimum absolute atomic E-state index is 0.104. The quantitative estimate of drug-likeness (QED) is 0.499. The highest BCUT2D eigenvalue weighted by Crippen LogP contribution is 2.49. The SMILES string of the molecule is COC(=O)c1c(C)sc2c1OC(N)=C(C#N)[C@@H]2c1cccc([N+](=O)[O-])c1. The molecule has 2 aromatic rings. The Kier molecular flexibility index (Phi) is 4.36. The fourth-order valence-corrected chi connectivity index (χ4v) is 4.09. The number of nitro benzene ring substituents is 1. The molecule has 2 N–H and O–H groups in total. The van der Waals surface area contributed by atoms with Crippen molar-refractivity contribution in [2.24, 2.45) is 5.73 Å². The molecule has 0 saturated heterocycles. The Labute approximate surface area is 152 Å². The molecule has 0 saturated carbocycles. The van der Waals surface area contributed by atoms with E-state index in [0.717, 1.165) is 0 Å². The summed E-state index contributed by atoms with van der Waals surface area (Å²) in [7, 11) is 1.26. The molecule has 3 rings (SSSR count). The molecule has 1 aromatic carbocycles. The fourth-order valence-electron chi connectivity index (χ4n) is 2.87. The summed E-state index contributed by atoms with van der Waals surface area (Å²) in [5.41, 5.74) is 6.69. The molecule has 8 nitrogen and oxygen atoms in total. The van der Waals surface area contributed by atoms with E-state index in [2.05, 4.69) is 0 Å². The van der Waals surface area contributed by atoms with Gasteiger partial charge in [0.25, 0.3) is 5.69 Å². The molecular formula is C17H13N3O5S. The monoisotopic (exact) mass is 371 g/mol. The van der Waals surface area contributed by atoms with Crippen molar-refractivity contribution >= 4 is 23.0 Å². The smallest absolute Gasteiger partial charge is 0.342 e. The van der Waals surface area contributed by atoms with Gasteiger partial charge >= 0.3 is 5.97 Å². The maximum absolute atomic E-state index is 12.1. The molecule has 2 heterocycles. The van der Waals surface area contributed by atoms with Crippen LogP contribution in [0.15, 0.2) is 35.7 Å². The van der Waals surface area contributed by atoms with Crippen molar-refractivity contribution in [1.82, 2.24) is 0 Å². The first-order chi connectivity index (χ1) is 12.4. The number of benzene rings is 1. The molecule has 0 unspecified atom stereocenters. The number of hydrogen-bond donors (Lipinski definition) is 1. The number of rotatable bonds is 3. The van der Waals surface area contributed by atoms with Crippen LogP contribution in [0.4, 0.5) is 5.69 Å². The number of carbonyl (C=O) groups excluding carboxylic acids is 1. The Morgan fingerprint density at radius 2 is 2.23 bits per heavy atom. The second-order valence-corrected chi connectivity index (χ2v) is 6.75. The van der Waals surface area contributed by atoms with Gasteiger partial charge < -0.3 is 15.2 Å². The average Bonchev–Trinajstić information content (AvgIpc) is 2.95. The third kappa shape index (κ3) is 2.66. The van der Waals surface area contributed by atoms with E-state index in [9.17, 15) is 20.2 Å². The molecule has 0 aliphatic carbocycles. The van der Waals surface area contributed by atoms with Gasteiger partial charge in [0.2, 0.25) is 5.88 Å². The number of fused-ring (bicyclic) bond motifs is 1. The predicted molar refractivity (Wildman–Crippen MR) is 92.8 cm³/mol. The van der Waals surface area contributed by atoms with Crippen LogP contribution in [0.3, 0.4) is 0 Å². The molecule has 1 atom stereocenters. The number of ether oxygens (including phenoxy) is 2. The zero-order valence-corrected chi connectivity index (χ0v) is 14.6. The Hall–Kier alpha value is -3.38. The molecule has 0 spiro atoms. The molecule has 26 heavy (non-hydrogen) atoms. The lowest BCUT2D eigenvalue weighted by atomic mass is 9.88. The zero-order valence-electron chi connectivity index (χ0n) is 13.8. The largest absolute Gasteiger partial charge is 0.465 e. The van der Waals surface area contributed by atoms with E-state index in [4.69, 9.17) is 15.2 Å². The maximum Gasteiger partial charge on any atom is 0.342 e. The van der Waals surface area contributed by atoms with Gasteiger partial charge in [0.15, 0.2) is 5.75 Å². The van der Waals surface area contributed by atoms with Crippen LogP contribution in [0.5, 0.6) is 5.75 Å². The van der Waals surface area contributed by atoms with E-state index in [1.54, 1.807) is 13.0 Å². The number of aryl methyl sites for hydroxylation is 1. The van der Waals surface area contributed by atoms with E-state index in [1.165, 1.54) is 36.6 Å². The highest BCUT2D eigenvalue weighted by atomic mass is 32.1. The lowest BCUT2D eigenvalue weighted by Gasteiger charge is -2.24. The topological polar surface area (TPSA) is 128 Å². The lowest BCUT2D eigenvalue weighted by molar-refractivity contribution is -0.384. The van der Waals surface area contributed by atoms with E-state index in [-0.39, 0.29) is 28.5 Å². The first-order valence-corrected chi connectivity index (χ1v) is 8.24. The molecule has 1 aromatic heterocycles. The predicted octanol–water partition coefficient (Wildman–Crippen LogP) is 2.97. The van der Waals surface area contributed by atoms with Crippen molar-refractivity contribution in [3.63, 3.8) is 0 Å². The zero-order chi connectivity index (χ0) is 19.0. The number of nitro groups is 1. The highest BCUT2D eigenvalue weighted by molar-refractivity contribution is 7.12. The molecule has 0 amide bonds. The maximum atomic E-state index is 12.1. The summed E-state index contributed by atoms with van der Waals surface area (Å²) in [4.78, 5) is 23.9. The summed E-state index contributed by atoms with van der Waals surface area (Å²) in [5, 5.41) is 20.6. The van der Waals surface area contributed by atoms with E-state index in [1.807, 2.05) is 6.07 Å². The number of nitrogens with two attached hydrogens (primary N) is 1. The second-order valence-electron chi connectivity index (χ2n) is 5.50. The Balaban J connectivity index is 2.25. The van der Waals surface area contributed by atoms with Crippen molar-refractivity contribution in [2.75, 3.05) is 7.11 Å². The highest BCUT2D eigenvalue weighted by Gasteiger charge is 2.37. The van der Waals surface area contributed by atoms with Gasteiger partial charge in [-0.15, -0.1) is 11.3 Å². The van der Waals surface area contributed by atoms with Crippen molar-refractivity contribution in [1.29, 1.82) is 5.26 Å². The molecular weight excluding hydrogens is 358 g/mol. The number of esters is 1. The number of nitriles is 1. The molecule has 0 radical (unpaired) electrons. The van der Waals surface area contributed by atoms with Gasteiger partial charge in [0.1, 0.15) is 17.2 Å². The van der Waals surface area contributed by atoms with Crippen LogP contribution in [-0.2, 0) is 4.74 Å². The molecule has 132 valence electrons. The van der Waals surface area contributed by atoms with Crippen LogP contribution >= 0.6 is 11.3 Å². The third-order valence-corrected chi connectivity index (χ3v) is 5.17. The Morgan fingerprint density at radius 3 is 2.85 bits per heavy atom. The standard InChI is InChI=1S/C17H13N3O5S/c1-8-12(17(21)24-2)14-15(26-8)13(11(7-18)16(19)25-14)9-4-3-5-10(6-9)20(22)23/h3-6,13H,19H2,1-2H3/t13-/m0/s1. The lowest BCUT2D eigenvalue weighted by Crippen LogP contribution is -2.21. The molecule has 9 heteroatoms. The summed E-state index contributed by atoms with van der Waals surface area (Å²) in [5.74, 6) is -1.15. The summed E-state index contributed by atoms with van der Waals surface area (Å²) < 4.78 is 10.3. The molecule has 0 fully saturated rings. The summed E-state index contributed by atoms with van der Waals surface area (Å²) in [6.07, 6.45) is 0. The number of nitrogens with zero attached hydrogens (tertiary/aromatic N) is 2. The van der Waals surface area contributed by atoms with E-state index < -0.39 is 16.8 Å². The van der Waals surface area contributed by atoms with Gasteiger partial charge in [0, 0.05) is 17.0 Å². The minimum Gasteiger partial charge on any atom is -0.465 e. The summed E-state index contributed by atoms with van der Waals surface area (Å²) in [6.45, 7) is 1.73. The van der Waals surface area contributed by atoms with Crippen LogP contribution in [0.1, 0.15) is 31.6 Å². The van der Waals surface area contributed by atoms with Crippen LogP contribution in [0.25, 0.3) is 0 Å². The van der Waals surface area contributed by atoms with Gasteiger partial charge in [-0.3, -0.25) is 10.1 Å². The number of hydrogen-bond acceptors (Lipinski definition) is 8. The minimum atomic E-state index is -0.661. The fraction of sp³-hybridized carbons (Fsp3) is 0.176. The van der Waals surface area contributed by atoms with Gasteiger partial charge in [-0.25, -0.2) is 4.79 Å². The van der Waals surface area contributed by atoms with Crippen molar-refractivity contribution in [3.8, 4) is 11.8 Å². The Morgan fingerprint density at radius 1 is 1.50 bits per heavy atom. The summed E-state index contributed by atoms with van der Waals surface area (Å²) >= 11 is 1.26. The second kappa shape index (κ2) is 6.50. The number of thiophene rings is 1. The van der Waals surface area contributed by atoms with Gasteiger partial charge in [0.05, 0.1) is 22.8 Å². The van der Waals surface area contributed by atoms with Crippen molar-refractivity contribution in [3.05, 3.63) is 66.7 Å². The molecule has 1 aliphatic rings. The van der Waals surface area contributed by atoms with Gasteiger partial charge in [-0.1, -0.05) is 12.1 Å². The van der Waals surface area contributed by atoms with Gasteiger partial charge in [-0.05, 0) is 12.5 Å². The molecule has 1 aliphatic heterocycles. The van der Waals surface area contributed by atoms with Crippen LogP contribution < -0.4 is 10.5 Å². The molecule has 0 bridgehead atoms.